The first-order chi connectivity index (χ1) is 8.72. The molecule has 0 saturated heterocycles. The predicted octanol–water partition coefficient (Wildman–Crippen LogP) is 2.83. The highest BCUT2D eigenvalue weighted by atomic mass is 19.4. The summed E-state index contributed by atoms with van der Waals surface area (Å²) < 4.78 is 71.8. The van der Waals surface area contributed by atoms with Crippen molar-refractivity contribution in [2.75, 3.05) is 14.2 Å². The fraction of sp³-hybridized carbons (Fsp3) is 0.400. The van der Waals surface area contributed by atoms with Gasteiger partial charge in [-0.15, -0.1) is 0 Å². The van der Waals surface area contributed by atoms with E-state index in [-0.39, 0.29) is 0 Å². The van der Waals surface area contributed by atoms with Crippen LogP contribution in [0.5, 0.6) is 5.75 Å². The maximum absolute atomic E-state index is 12.7. The third kappa shape index (κ3) is 3.09. The van der Waals surface area contributed by atoms with Gasteiger partial charge in [-0.1, -0.05) is 0 Å². The van der Waals surface area contributed by atoms with Gasteiger partial charge in [-0.2, -0.15) is 13.2 Å². The molecule has 1 aromatic heterocycles. The molecule has 9 heteroatoms. The summed E-state index contributed by atoms with van der Waals surface area (Å²) in [6.07, 6.45) is -8.33. The molecular formula is C10H8F5NO3. The van der Waals surface area contributed by atoms with Gasteiger partial charge in [0.25, 0.3) is 6.43 Å². The third-order valence-electron chi connectivity index (χ3n) is 2.10. The van der Waals surface area contributed by atoms with Crippen molar-refractivity contribution >= 4 is 5.97 Å². The predicted molar refractivity (Wildman–Crippen MR) is 52.1 cm³/mol. The van der Waals surface area contributed by atoms with E-state index in [1.54, 1.807) is 0 Å². The largest absolute Gasteiger partial charge is 0.496 e. The molecule has 0 bridgehead atoms. The highest BCUT2D eigenvalue weighted by Crippen LogP contribution is 2.37. The topological polar surface area (TPSA) is 48.4 Å². The van der Waals surface area contributed by atoms with Crippen molar-refractivity contribution in [1.82, 2.24) is 4.98 Å². The Morgan fingerprint density at radius 1 is 1.32 bits per heavy atom. The smallest absolute Gasteiger partial charge is 0.434 e. The van der Waals surface area contributed by atoms with Crippen LogP contribution in [0.4, 0.5) is 22.0 Å². The minimum Gasteiger partial charge on any atom is -0.496 e. The number of rotatable bonds is 3. The Hall–Kier alpha value is -1.93. The highest BCUT2D eigenvalue weighted by Gasteiger charge is 2.40. The zero-order valence-electron chi connectivity index (χ0n) is 9.72. The molecule has 0 aliphatic heterocycles. The molecule has 1 rings (SSSR count). The standard InChI is InChI=1S/C10H8F5NO3/c1-18-5-3-4(8(11)12)16-7(10(13,14)15)6(5)9(17)19-2/h3,8H,1-2H3. The second kappa shape index (κ2) is 5.37. The van der Waals surface area contributed by atoms with Crippen LogP contribution in [-0.2, 0) is 10.9 Å². The van der Waals surface area contributed by atoms with E-state index in [1.165, 1.54) is 0 Å². The van der Waals surface area contributed by atoms with Crippen LogP contribution >= 0.6 is 0 Å². The summed E-state index contributed by atoms with van der Waals surface area (Å²) in [5, 5.41) is 0. The third-order valence-corrected chi connectivity index (χ3v) is 2.10. The first kappa shape index (κ1) is 15.1. The molecule has 0 amide bonds. The monoisotopic (exact) mass is 285 g/mol. The molecular weight excluding hydrogens is 277 g/mol. The number of aromatic nitrogens is 1. The first-order valence-corrected chi connectivity index (χ1v) is 4.75. The van der Waals surface area contributed by atoms with Gasteiger partial charge in [-0.3, -0.25) is 0 Å². The van der Waals surface area contributed by atoms with Crippen LogP contribution in [0.2, 0.25) is 0 Å². The number of nitrogens with zero attached hydrogens (tertiary/aromatic N) is 1. The summed E-state index contributed by atoms with van der Waals surface area (Å²) in [6.45, 7) is 0. The maximum atomic E-state index is 12.7. The van der Waals surface area contributed by atoms with E-state index in [0.29, 0.717) is 6.07 Å². The lowest BCUT2D eigenvalue weighted by molar-refractivity contribution is -0.142. The Morgan fingerprint density at radius 2 is 1.89 bits per heavy atom. The molecule has 19 heavy (non-hydrogen) atoms. The summed E-state index contributed by atoms with van der Waals surface area (Å²) in [5.74, 6) is -2.05. The van der Waals surface area contributed by atoms with Crippen LogP contribution < -0.4 is 4.74 Å². The van der Waals surface area contributed by atoms with Gasteiger partial charge >= 0.3 is 12.1 Å². The minimum absolute atomic E-state index is 0.562. The number of ether oxygens (including phenoxy) is 2. The molecule has 0 unspecified atom stereocenters. The number of carbonyl (C=O) groups is 1. The van der Waals surface area contributed by atoms with Crippen LogP contribution in [-0.4, -0.2) is 25.2 Å². The molecule has 0 atom stereocenters. The van der Waals surface area contributed by atoms with Gasteiger partial charge in [0.1, 0.15) is 17.0 Å². The van der Waals surface area contributed by atoms with E-state index in [1.807, 2.05) is 0 Å². The average molecular weight is 285 g/mol. The van der Waals surface area contributed by atoms with Crippen LogP contribution in [0.25, 0.3) is 0 Å². The summed E-state index contributed by atoms with van der Waals surface area (Å²) in [6, 6.07) is 0.562. The Kier molecular flexibility index (Phi) is 4.28. The number of carbonyl (C=O) groups excluding carboxylic acids is 1. The van der Waals surface area contributed by atoms with Gasteiger partial charge in [0.2, 0.25) is 0 Å². The van der Waals surface area contributed by atoms with Crippen molar-refractivity contribution in [3.8, 4) is 5.75 Å². The number of hydrogen-bond acceptors (Lipinski definition) is 4. The minimum atomic E-state index is -5.10. The van der Waals surface area contributed by atoms with Crippen molar-refractivity contribution < 1.29 is 36.2 Å². The maximum Gasteiger partial charge on any atom is 0.434 e. The molecule has 0 saturated carbocycles. The van der Waals surface area contributed by atoms with Gasteiger partial charge in [0, 0.05) is 6.07 Å². The van der Waals surface area contributed by atoms with E-state index in [2.05, 4.69) is 14.5 Å². The zero-order valence-corrected chi connectivity index (χ0v) is 9.72. The number of alkyl halides is 5. The van der Waals surface area contributed by atoms with Gasteiger partial charge < -0.3 is 9.47 Å². The zero-order chi connectivity index (χ0) is 14.8. The summed E-state index contributed by atoms with van der Waals surface area (Å²) >= 11 is 0. The van der Waals surface area contributed by atoms with E-state index >= 15 is 0 Å². The Balaban J connectivity index is 3.62. The number of hydrogen-bond donors (Lipinski definition) is 0. The molecule has 1 aromatic rings. The van der Waals surface area contributed by atoms with Crippen molar-refractivity contribution in [3.63, 3.8) is 0 Å². The Morgan fingerprint density at radius 3 is 2.26 bits per heavy atom. The van der Waals surface area contributed by atoms with Gasteiger partial charge in [0.15, 0.2) is 5.69 Å². The highest BCUT2D eigenvalue weighted by molar-refractivity contribution is 5.94. The van der Waals surface area contributed by atoms with E-state index in [0.717, 1.165) is 14.2 Å². The summed E-state index contributed by atoms with van der Waals surface area (Å²) in [4.78, 5) is 14.1. The van der Waals surface area contributed by atoms with Crippen LogP contribution in [0.15, 0.2) is 6.07 Å². The van der Waals surface area contributed by atoms with Crippen LogP contribution in [0.1, 0.15) is 28.2 Å². The van der Waals surface area contributed by atoms with E-state index < -0.39 is 41.3 Å². The molecule has 0 spiro atoms. The number of methoxy groups -OCH3 is 2. The van der Waals surface area contributed by atoms with E-state index in [9.17, 15) is 26.7 Å². The van der Waals surface area contributed by atoms with Crippen LogP contribution in [0, 0.1) is 0 Å². The second-order valence-electron chi connectivity index (χ2n) is 3.26. The molecule has 0 aliphatic rings. The lowest BCUT2D eigenvalue weighted by Gasteiger charge is -2.15. The number of pyridine rings is 1. The first-order valence-electron chi connectivity index (χ1n) is 4.75. The van der Waals surface area contributed by atoms with E-state index in [4.69, 9.17) is 0 Å². The fourth-order valence-electron chi connectivity index (χ4n) is 1.32. The quantitative estimate of drug-likeness (QED) is 0.633. The SMILES string of the molecule is COC(=O)c1c(OC)cc(C(F)F)nc1C(F)(F)F. The average Bonchev–Trinajstić information content (AvgIpc) is 2.34. The van der Waals surface area contributed by atoms with Gasteiger partial charge in [0.05, 0.1) is 14.2 Å². The molecule has 0 radical (unpaired) electrons. The molecule has 0 aromatic carbocycles. The lowest BCUT2D eigenvalue weighted by atomic mass is 10.1. The second-order valence-corrected chi connectivity index (χ2v) is 3.26. The molecule has 0 fully saturated rings. The Labute approximate surface area is 104 Å². The summed E-state index contributed by atoms with van der Waals surface area (Å²) in [5.41, 5.74) is -3.95. The number of esters is 1. The van der Waals surface area contributed by atoms with Crippen molar-refractivity contribution in [3.05, 3.63) is 23.0 Å². The van der Waals surface area contributed by atoms with Crippen molar-refractivity contribution in [2.45, 2.75) is 12.6 Å². The normalized spacial score (nSPS) is 11.6. The fourth-order valence-corrected chi connectivity index (χ4v) is 1.32. The number of halogens is 5. The molecule has 1 heterocycles. The lowest BCUT2D eigenvalue weighted by Crippen LogP contribution is -2.19. The molecule has 4 nitrogen and oxygen atoms in total. The molecule has 0 N–H and O–H groups in total. The van der Waals surface area contributed by atoms with Gasteiger partial charge in [-0.25, -0.2) is 18.6 Å². The molecule has 0 aliphatic carbocycles. The van der Waals surface area contributed by atoms with Crippen LogP contribution in [0.3, 0.4) is 0 Å². The summed E-state index contributed by atoms with van der Waals surface area (Å²) in [7, 11) is 1.79. The Bertz CT molecular complexity index is 487. The van der Waals surface area contributed by atoms with Crippen molar-refractivity contribution in [1.29, 1.82) is 0 Å². The molecule has 106 valence electrons. The van der Waals surface area contributed by atoms with Gasteiger partial charge in [-0.05, 0) is 0 Å². The van der Waals surface area contributed by atoms with Crippen molar-refractivity contribution in [2.24, 2.45) is 0 Å².